The quantitative estimate of drug-likeness (QED) is 0.763. The lowest BCUT2D eigenvalue weighted by atomic mass is 9.79. The van der Waals surface area contributed by atoms with Crippen LogP contribution in [0.2, 0.25) is 0 Å². The van der Waals surface area contributed by atoms with E-state index in [1.807, 2.05) is 6.07 Å². The van der Waals surface area contributed by atoms with Crippen molar-refractivity contribution in [3.05, 3.63) is 35.9 Å². The predicted molar refractivity (Wildman–Crippen MR) is 77.8 cm³/mol. The topological polar surface area (TPSA) is 61.4 Å². The zero-order chi connectivity index (χ0) is 14.0. The lowest BCUT2D eigenvalue weighted by Gasteiger charge is -2.33. The lowest BCUT2D eigenvalue weighted by Crippen LogP contribution is -2.48. The summed E-state index contributed by atoms with van der Waals surface area (Å²) < 4.78 is 0. The SMILES string of the molecule is O=C(O)C1(CN[C@H]2C[C@@H]2c2ccccc2)CCNCC1. The van der Waals surface area contributed by atoms with Crippen molar-refractivity contribution < 1.29 is 9.90 Å². The van der Waals surface area contributed by atoms with Crippen molar-refractivity contribution in [3.63, 3.8) is 0 Å². The molecule has 0 radical (unpaired) electrons. The molecule has 1 aromatic rings. The zero-order valence-corrected chi connectivity index (χ0v) is 11.6. The highest BCUT2D eigenvalue weighted by atomic mass is 16.4. The number of benzene rings is 1. The van der Waals surface area contributed by atoms with Crippen LogP contribution in [0.5, 0.6) is 0 Å². The van der Waals surface area contributed by atoms with Gasteiger partial charge in [-0.05, 0) is 37.9 Å². The largest absolute Gasteiger partial charge is 0.481 e. The molecule has 2 fully saturated rings. The Bertz CT molecular complexity index is 469. The summed E-state index contributed by atoms with van der Waals surface area (Å²) in [5, 5.41) is 16.3. The average Bonchev–Trinajstić information content (AvgIpc) is 3.27. The second-order valence-corrected chi connectivity index (χ2v) is 6.08. The maximum Gasteiger partial charge on any atom is 0.311 e. The van der Waals surface area contributed by atoms with E-state index in [1.165, 1.54) is 5.56 Å². The van der Waals surface area contributed by atoms with Gasteiger partial charge in [0.1, 0.15) is 0 Å². The Hall–Kier alpha value is -1.39. The van der Waals surface area contributed by atoms with Crippen LogP contribution in [0.4, 0.5) is 0 Å². The van der Waals surface area contributed by atoms with E-state index in [4.69, 9.17) is 0 Å². The fourth-order valence-corrected chi connectivity index (χ4v) is 3.19. The van der Waals surface area contributed by atoms with E-state index >= 15 is 0 Å². The third-order valence-corrected chi connectivity index (χ3v) is 4.74. The van der Waals surface area contributed by atoms with Crippen LogP contribution in [0, 0.1) is 5.41 Å². The van der Waals surface area contributed by atoms with Gasteiger partial charge < -0.3 is 15.7 Å². The van der Waals surface area contributed by atoms with Crippen molar-refractivity contribution in [2.75, 3.05) is 19.6 Å². The van der Waals surface area contributed by atoms with Crippen LogP contribution < -0.4 is 10.6 Å². The molecule has 3 rings (SSSR count). The minimum absolute atomic E-state index is 0.448. The summed E-state index contributed by atoms with van der Waals surface area (Å²) in [6.45, 7) is 2.21. The molecular formula is C16H22N2O2. The normalized spacial score (nSPS) is 28.0. The molecule has 108 valence electrons. The molecule has 0 amide bonds. The van der Waals surface area contributed by atoms with Gasteiger partial charge in [-0.3, -0.25) is 4.79 Å². The minimum Gasteiger partial charge on any atom is -0.481 e. The Morgan fingerprint density at radius 2 is 2.00 bits per heavy atom. The predicted octanol–water partition coefficient (Wildman–Crippen LogP) is 1.59. The second kappa shape index (κ2) is 5.54. The van der Waals surface area contributed by atoms with Crippen molar-refractivity contribution in [1.82, 2.24) is 10.6 Å². The fraction of sp³-hybridized carbons (Fsp3) is 0.562. The van der Waals surface area contributed by atoms with Crippen molar-refractivity contribution >= 4 is 5.97 Å². The highest BCUT2D eigenvalue weighted by Gasteiger charge is 2.43. The monoisotopic (exact) mass is 274 g/mol. The van der Waals surface area contributed by atoms with Crippen molar-refractivity contribution in [3.8, 4) is 0 Å². The summed E-state index contributed by atoms with van der Waals surface area (Å²) in [7, 11) is 0. The van der Waals surface area contributed by atoms with E-state index in [-0.39, 0.29) is 0 Å². The van der Waals surface area contributed by atoms with Gasteiger partial charge in [-0.2, -0.15) is 0 Å². The first-order valence-corrected chi connectivity index (χ1v) is 7.44. The van der Waals surface area contributed by atoms with E-state index < -0.39 is 11.4 Å². The number of piperidine rings is 1. The highest BCUT2D eigenvalue weighted by molar-refractivity contribution is 5.75. The number of aliphatic carboxylic acids is 1. The third-order valence-electron chi connectivity index (χ3n) is 4.74. The number of nitrogens with one attached hydrogen (secondary N) is 2. The molecule has 4 nitrogen and oxygen atoms in total. The molecule has 20 heavy (non-hydrogen) atoms. The van der Waals surface area contributed by atoms with Gasteiger partial charge in [-0.25, -0.2) is 0 Å². The van der Waals surface area contributed by atoms with E-state index in [9.17, 15) is 9.90 Å². The van der Waals surface area contributed by atoms with E-state index in [0.29, 0.717) is 18.5 Å². The maximum atomic E-state index is 11.6. The first-order valence-electron chi connectivity index (χ1n) is 7.44. The third kappa shape index (κ3) is 2.72. The molecule has 2 aliphatic rings. The Morgan fingerprint density at radius 3 is 2.65 bits per heavy atom. The van der Waals surface area contributed by atoms with Gasteiger partial charge in [-0.1, -0.05) is 30.3 Å². The van der Waals surface area contributed by atoms with Crippen LogP contribution >= 0.6 is 0 Å². The van der Waals surface area contributed by atoms with E-state index in [0.717, 1.165) is 32.4 Å². The molecule has 0 bridgehead atoms. The van der Waals surface area contributed by atoms with Gasteiger partial charge in [0, 0.05) is 18.5 Å². The maximum absolute atomic E-state index is 11.6. The van der Waals surface area contributed by atoms with Gasteiger partial charge in [0.2, 0.25) is 0 Å². The molecule has 3 N–H and O–H groups in total. The number of carbonyl (C=O) groups is 1. The van der Waals surface area contributed by atoms with E-state index in [1.54, 1.807) is 0 Å². The number of rotatable bonds is 5. The van der Waals surface area contributed by atoms with Gasteiger partial charge in [0.05, 0.1) is 5.41 Å². The molecule has 1 aromatic carbocycles. The molecule has 4 heteroatoms. The Kier molecular flexibility index (Phi) is 3.76. The standard InChI is InChI=1S/C16H22N2O2/c19-15(20)16(6-8-17-9-7-16)11-18-14-10-13(14)12-4-2-1-3-5-12/h1-5,13-14,17-18H,6-11H2,(H,19,20)/t13-,14+/m1/s1. The van der Waals surface area contributed by atoms with Crippen molar-refractivity contribution in [2.24, 2.45) is 5.41 Å². The van der Waals surface area contributed by atoms with Gasteiger partial charge in [0.15, 0.2) is 0 Å². The number of hydrogen-bond donors (Lipinski definition) is 3. The molecule has 0 unspecified atom stereocenters. The summed E-state index contributed by atoms with van der Waals surface area (Å²) in [6, 6.07) is 10.9. The lowest BCUT2D eigenvalue weighted by molar-refractivity contribution is -0.150. The molecule has 1 saturated heterocycles. The van der Waals surface area contributed by atoms with Crippen molar-refractivity contribution in [2.45, 2.75) is 31.2 Å². The van der Waals surface area contributed by atoms with Crippen LogP contribution in [0.1, 0.15) is 30.7 Å². The highest BCUT2D eigenvalue weighted by Crippen LogP contribution is 2.41. The molecule has 1 saturated carbocycles. The Morgan fingerprint density at radius 1 is 1.30 bits per heavy atom. The minimum atomic E-state index is -0.650. The Labute approximate surface area is 119 Å². The first kappa shape index (κ1) is 13.6. The molecule has 1 heterocycles. The summed E-state index contributed by atoms with van der Waals surface area (Å²) in [4.78, 5) is 11.6. The molecule has 2 atom stereocenters. The molecule has 1 aliphatic heterocycles. The number of carboxylic acid groups (broad SMARTS) is 1. The summed E-state index contributed by atoms with van der Waals surface area (Å²) in [5.41, 5.74) is 0.786. The van der Waals surface area contributed by atoms with Crippen LogP contribution in [-0.4, -0.2) is 36.8 Å². The van der Waals surface area contributed by atoms with E-state index in [2.05, 4.69) is 34.9 Å². The average molecular weight is 274 g/mol. The van der Waals surface area contributed by atoms with Gasteiger partial charge in [0.25, 0.3) is 0 Å². The van der Waals surface area contributed by atoms with Crippen LogP contribution in [0.25, 0.3) is 0 Å². The number of hydrogen-bond acceptors (Lipinski definition) is 3. The summed E-state index contributed by atoms with van der Waals surface area (Å²) in [6.07, 6.45) is 2.56. The van der Waals surface area contributed by atoms with Crippen LogP contribution in [0.15, 0.2) is 30.3 Å². The smallest absolute Gasteiger partial charge is 0.311 e. The summed E-state index contributed by atoms with van der Waals surface area (Å²) >= 11 is 0. The molecular weight excluding hydrogens is 252 g/mol. The molecule has 1 aliphatic carbocycles. The fourth-order valence-electron chi connectivity index (χ4n) is 3.19. The number of carboxylic acids is 1. The summed E-state index contributed by atoms with van der Waals surface area (Å²) in [5.74, 6) is -0.0906. The molecule has 0 spiro atoms. The van der Waals surface area contributed by atoms with Gasteiger partial charge >= 0.3 is 5.97 Å². The molecule has 0 aromatic heterocycles. The zero-order valence-electron chi connectivity index (χ0n) is 11.6. The van der Waals surface area contributed by atoms with Gasteiger partial charge in [-0.15, -0.1) is 0 Å². The van der Waals surface area contributed by atoms with Crippen LogP contribution in [0.3, 0.4) is 0 Å². The second-order valence-electron chi connectivity index (χ2n) is 6.08. The van der Waals surface area contributed by atoms with Crippen molar-refractivity contribution in [1.29, 1.82) is 0 Å². The first-order chi connectivity index (χ1) is 9.71. The van der Waals surface area contributed by atoms with Crippen LogP contribution in [-0.2, 0) is 4.79 Å². The Balaban J connectivity index is 1.56.